The van der Waals surface area contributed by atoms with Gasteiger partial charge in [-0.25, -0.2) is 0 Å². The second kappa shape index (κ2) is 6.95. The Kier molecular flexibility index (Phi) is 5.26. The van der Waals surface area contributed by atoms with E-state index in [9.17, 15) is 4.79 Å². The average Bonchev–Trinajstić information content (AvgIpc) is 2.44. The average molecular weight is 350 g/mol. The summed E-state index contributed by atoms with van der Waals surface area (Å²) < 4.78 is 0.981. The molecule has 1 N–H and O–H groups in total. The Bertz CT molecular complexity index is 601. The van der Waals surface area contributed by atoms with E-state index in [4.69, 9.17) is 0 Å². The lowest BCUT2D eigenvalue weighted by Gasteiger charge is -2.12. The zero-order valence-electron chi connectivity index (χ0n) is 11.1. The Morgan fingerprint density at radius 2 is 1.95 bits per heavy atom. The van der Waals surface area contributed by atoms with E-state index in [-0.39, 0.29) is 11.2 Å². The minimum Gasteiger partial charge on any atom is -0.325 e. The van der Waals surface area contributed by atoms with Crippen LogP contribution in [0.2, 0.25) is 0 Å². The summed E-state index contributed by atoms with van der Waals surface area (Å²) in [6, 6.07) is 15.6. The molecule has 0 radical (unpaired) electrons. The SMILES string of the molecule is Cc1ccc(NC(=O)C(S)Cc2ccccc2)cc1Br. The van der Waals surface area contributed by atoms with E-state index in [0.717, 1.165) is 21.3 Å². The van der Waals surface area contributed by atoms with Gasteiger partial charge in [-0.05, 0) is 36.6 Å². The van der Waals surface area contributed by atoms with Crippen molar-refractivity contribution in [3.8, 4) is 0 Å². The zero-order valence-corrected chi connectivity index (χ0v) is 13.6. The predicted molar refractivity (Wildman–Crippen MR) is 90.4 cm³/mol. The van der Waals surface area contributed by atoms with Crippen molar-refractivity contribution in [1.29, 1.82) is 0 Å². The summed E-state index contributed by atoms with van der Waals surface area (Å²) in [5.41, 5.74) is 3.02. The third-order valence-corrected chi connectivity index (χ3v) is 4.29. The third kappa shape index (κ3) is 4.12. The minimum atomic E-state index is -0.363. The summed E-state index contributed by atoms with van der Waals surface area (Å²) in [7, 11) is 0. The van der Waals surface area contributed by atoms with Crippen LogP contribution in [0.4, 0.5) is 5.69 Å². The van der Waals surface area contributed by atoms with Gasteiger partial charge in [0.25, 0.3) is 0 Å². The first-order valence-electron chi connectivity index (χ1n) is 6.35. The number of hydrogen-bond acceptors (Lipinski definition) is 2. The van der Waals surface area contributed by atoms with Gasteiger partial charge in [-0.2, -0.15) is 12.6 Å². The van der Waals surface area contributed by atoms with Crippen LogP contribution in [0.15, 0.2) is 53.0 Å². The maximum absolute atomic E-state index is 12.1. The highest BCUT2D eigenvalue weighted by molar-refractivity contribution is 9.10. The summed E-state index contributed by atoms with van der Waals surface area (Å²) in [5.74, 6) is -0.0899. The highest BCUT2D eigenvalue weighted by Gasteiger charge is 2.14. The Hall–Kier alpha value is -1.26. The molecule has 0 aromatic heterocycles. The Labute approximate surface area is 133 Å². The smallest absolute Gasteiger partial charge is 0.237 e. The number of carbonyl (C=O) groups excluding carboxylic acids is 1. The zero-order chi connectivity index (χ0) is 14.5. The van der Waals surface area contributed by atoms with Gasteiger partial charge in [0.15, 0.2) is 0 Å². The molecule has 20 heavy (non-hydrogen) atoms. The molecular weight excluding hydrogens is 334 g/mol. The van der Waals surface area contributed by atoms with E-state index >= 15 is 0 Å². The molecule has 0 aliphatic carbocycles. The van der Waals surface area contributed by atoms with Gasteiger partial charge < -0.3 is 5.32 Å². The lowest BCUT2D eigenvalue weighted by atomic mass is 10.1. The largest absolute Gasteiger partial charge is 0.325 e. The molecule has 0 aliphatic rings. The number of aryl methyl sites for hydroxylation is 1. The molecule has 0 aliphatic heterocycles. The quantitative estimate of drug-likeness (QED) is 0.794. The second-order valence-corrected chi connectivity index (χ2v) is 6.14. The molecule has 0 fully saturated rings. The molecular formula is C16H16BrNOS. The van der Waals surface area contributed by atoms with Gasteiger partial charge in [-0.3, -0.25) is 4.79 Å². The molecule has 2 aromatic carbocycles. The van der Waals surface area contributed by atoms with Crippen molar-refractivity contribution in [2.45, 2.75) is 18.6 Å². The number of rotatable bonds is 4. The van der Waals surface area contributed by atoms with Crippen molar-refractivity contribution in [2.75, 3.05) is 5.32 Å². The van der Waals surface area contributed by atoms with Crippen molar-refractivity contribution in [1.82, 2.24) is 0 Å². The molecule has 1 amide bonds. The van der Waals surface area contributed by atoms with Crippen LogP contribution in [0.5, 0.6) is 0 Å². The summed E-state index contributed by atoms with van der Waals surface area (Å²) in [6.07, 6.45) is 0.614. The highest BCUT2D eigenvalue weighted by Crippen LogP contribution is 2.21. The normalized spacial score (nSPS) is 11.9. The van der Waals surface area contributed by atoms with Crippen molar-refractivity contribution in [2.24, 2.45) is 0 Å². The number of amides is 1. The van der Waals surface area contributed by atoms with E-state index in [1.165, 1.54) is 0 Å². The van der Waals surface area contributed by atoms with Crippen LogP contribution in [0, 0.1) is 6.92 Å². The van der Waals surface area contributed by atoms with E-state index < -0.39 is 0 Å². The first-order valence-corrected chi connectivity index (χ1v) is 7.66. The molecule has 1 atom stereocenters. The van der Waals surface area contributed by atoms with Gasteiger partial charge in [0.2, 0.25) is 5.91 Å². The Morgan fingerprint density at radius 1 is 1.25 bits per heavy atom. The summed E-state index contributed by atoms with van der Waals surface area (Å²) in [6.45, 7) is 2.01. The van der Waals surface area contributed by atoms with Gasteiger partial charge in [-0.15, -0.1) is 0 Å². The molecule has 0 saturated heterocycles. The lowest BCUT2D eigenvalue weighted by molar-refractivity contribution is -0.115. The lowest BCUT2D eigenvalue weighted by Crippen LogP contribution is -2.25. The van der Waals surface area contributed by atoms with Gasteiger partial charge in [0.05, 0.1) is 5.25 Å². The van der Waals surface area contributed by atoms with Gasteiger partial charge in [-0.1, -0.05) is 52.3 Å². The van der Waals surface area contributed by atoms with E-state index in [0.29, 0.717) is 6.42 Å². The van der Waals surface area contributed by atoms with Crippen LogP contribution in [0.3, 0.4) is 0 Å². The first-order chi connectivity index (χ1) is 9.56. The molecule has 0 bridgehead atoms. The molecule has 2 aromatic rings. The Morgan fingerprint density at radius 3 is 2.60 bits per heavy atom. The molecule has 2 rings (SSSR count). The van der Waals surface area contributed by atoms with Gasteiger partial charge in [0, 0.05) is 10.2 Å². The van der Waals surface area contributed by atoms with Crippen LogP contribution in [0.25, 0.3) is 0 Å². The number of anilines is 1. The molecule has 0 heterocycles. The van der Waals surface area contributed by atoms with Crippen molar-refractivity contribution >= 4 is 40.2 Å². The van der Waals surface area contributed by atoms with Crippen LogP contribution < -0.4 is 5.32 Å². The van der Waals surface area contributed by atoms with Crippen LogP contribution in [0.1, 0.15) is 11.1 Å². The van der Waals surface area contributed by atoms with Crippen LogP contribution in [-0.2, 0) is 11.2 Å². The first kappa shape index (κ1) is 15.1. The summed E-state index contributed by atoms with van der Waals surface area (Å²) in [5, 5.41) is 2.52. The molecule has 4 heteroatoms. The molecule has 0 spiro atoms. The molecule has 2 nitrogen and oxygen atoms in total. The van der Waals surface area contributed by atoms with E-state index in [1.807, 2.05) is 55.5 Å². The summed E-state index contributed by atoms with van der Waals surface area (Å²) >= 11 is 7.85. The highest BCUT2D eigenvalue weighted by atomic mass is 79.9. The Balaban J connectivity index is 1.99. The van der Waals surface area contributed by atoms with Crippen LogP contribution in [-0.4, -0.2) is 11.2 Å². The predicted octanol–water partition coefficient (Wildman–Crippen LogP) is 4.24. The maximum Gasteiger partial charge on any atom is 0.237 e. The van der Waals surface area contributed by atoms with E-state index in [2.05, 4.69) is 33.9 Å². The van der Waals surface area contributed by atoms with E-state index in [1.54, 1.807) is 0 Å². The maximum atomic E-state index is 12.1. The topological polar surface area (TPSA) is 29.1 Å². The van der Waals surface area contributed by atoms with Crippen molar-refractivity contribution in [3.05, 3.63) is 64.1 Å². The fraction of sp³-hybridized carbons (Fsp3) is 0.188. The number of carbonyl (C=O) groups is 1. The number of hydrogen-bond donors (Lipinski definition) is 2. The van der Waals surface area contributed by atoms with Crippen molar-refractivity contribution < 1.29 is 4.79 Å². The number of benzene rings is 2. The van der Waals surface area contributed by atoms with Crippen LogP contribution >= 0.6 is 28.6 Å². The second-order valence-electron chi connectivity index (χ2n) is 4.66. The third-order valence-electron chi connectivity index (χ3n) is 3.01. The number of nitrogens with one attached hydrogen (secondary N) is 1. The molecule has 104 valence electrons. The van der Waals surface area contributed by atoms with Crippen molar-refractivity contribution in [3.63, 3.8) is 0 Å². The molecule has 1 unspecified atom stereocenters. The number of thiol groups is 1. The number of halogens is 1. The summed E-state index contributed by atoms with van der Waals surface area (Å²) in [4.78, 5) is 12.1. The standard InChI is InChI=1S/C16H16BrNOS/c1-11-7-8-13(10-14(11)17)18-16(19)15(20)9-12-5-3-2-4-6-12/h2-8,10,15,20H,9H2,1H3,(H,18,19). The molecule has 0 saturated carbocycles. The monoisotopic (exact) mass is 349 g/mol. The van der Waals surface area contributed by atoms with Gasteiger partial charge >= 0.3 is 0 Å². The fourth-order valence-electron chi connectivity index (χ4n) is 1.83. The minimum absolute atomic E-state index is 0.0899. The van der Waals surface area contributed by atoms with Gasteiger partial charge in [0.1, 0.15) is 0 Å². The fourth-order valence-corrected chi connectivity index (χ4v) is 2.48.